The number of esters is 1. The third-order valence-electron chi connectivity index (χ3n) is 5.60. The molecule has 1 heterocycles. The van der Waals surface area contributed by atoms with E-state index in [2.05, 4.69) is 21.2 Å². The van der Waals surface area contributed by atoms with Crippen molar-refractivity contribution in [2.24, 2.45) is 5.92 Å². The van der Waals surface area contributed by atoms with Crippen molar-refractivity contribution in [2.75, 3.05) is 13.7 Å². The van der Waals surface area contributed by atoms with Gasteiger partial charge in [-0.25, -0.2) is 0 Å². The van der Waals surface area contributed by atoms with Crippen LogP contribution in [0.1, 0.15) is 51.8 Å². The van der Waals surface area contributed by atoms with Crippen LogP contribution in [-0.4, -0.2) is 48.0 Å². The van der Waals surface area contributed by atoms with Crippen LogP contribution in [0.4, 0.5) is 0 Å². The van der Waals surface area contributed by atoms with Gasteiger partial charge in [-0.3, -0.25) is 14.4 Å². The zero-order valence-corrected chi connectivity index (χ0v) is 25.2. The fourth-order valence-electron chi connectivity index (χ4n) is 4.11. The quantitative estimate of drug-likeness (QED) is 0.394. The zero-order chi connectivity index (χ0) is 28.4. The molecule has 0 radical (unpaired) electrons. The molecule has 0 fully saturated rings. The molecule has 2 unspecified atom stereocenters. The number of methoxy groups -OCH3 is 1. The summed E-state index contributed by atoms with van der Waals surface area (Å²) in [5.74, 6) is -1.23. The summed E-state index contributed by atoms with van der Waals surface area (Å²) < 4.78 is 17.7. The fraction of sp³-hybridized carbons (Fsp3) is 0.444. The van der Waals surface area contributed by atoms with E-state index in [0.29, 0.717) is 31.4 Å². The van der Waals surface area contributed by atoms with E-state index in [-0.39, 0.29) is 24.8 Å². The predicted molar refractivity (Wildman–Crippen MR) is 149 cm³/mol. The molecule has 11 heteroatoms. The molecule has 1 N–H and O–H groups in total. The maximum absolute atomic E-state index is 14.0. The second kappa shape index (κ2) is 12.1. The number of amides is 2. The first-order chi connectivity index (χ1) is 17.7. The minimum absolute atomic E-state index is 0.00445. The first-order valence-corrected chi connectivity index (χ1v) is 13.5. The van der Waals surface area contributed by atoms with Crippen molar-refractivity contribution >= 4 is 56.9 Å². The molecular weight excluding hydrogens is 599 g/mol. The summed E-state index contributed by atoms with van der Waals surface area (Å²) in [7, 11) is 1.48. The molecule has 0 saturated heterocycles. The van der Waals surface area contributed by atoms with Gasteiger partial charge in [0.15, 0.2) is 17.6 Å². The predicted octanol–water partition coefficient (Wildman–Crippen LogP) is 5.71. The number of carbonyl (C=O) groups is 3. The number of ether oxygens (including phenoxy) is 3. The highest BCUT2D eigenvalue weighted by atomic mass is 79.9. The van der Waals surface area contributed by atoms with Crippen LogP contribution in [-0.2, 0) is 25.7 Å². The van der Waals surface area contributed by atoms with E-state index in [1.54, 1.807) is 51.1 Å². The number of hydrogen-bond donors (Lipinski definition) is 1. The highest BCUT2D eigenvalue weighted by molar-refractivity contribution is 9.10. The third-order valence-corrected chi connectivity index (χ3v) is 6.50. The maximum atomic E-state index is 14.0. The summed E-state index contributed by atoms with van der Waals surface area (Å²) in [5, 5.41) is 3.41. The summed E-state index contributed by atoms with van der Waals surface area (Å²) >= 11 is 15.9. The van der Waals surface area contributed by atoms with Gasteiger partial charge in [0, 0.05) is 26.6 Å². The Kier molecular flexibility index (Phi) is 9.60. The third kappa shape index (κ3) is 7.33. The normalized spacial score (nSPS) is 17.4. The van der Waals surface area contributed by atoms with Gasteiger partial charge in [0.1, 0.15) is 18.2 Å². The molecule has 2 amide bonds. The Morgan fingerprint density at radius 3 is 2.32 bits per heavy atom. The summed E-state index contributed by atoms with van der Waals surface area (Å²) in [5.41, 5.74) is 0.289. The molecule has 1 aliphatic heterocycles. The Labute approximate surface area is 241 Å². The van der Waals surface area contributed by atoms with Crippen LogP contribution in [0.25, 0.3) is 0 Å². The molecule has 2 atom stereocenters. The van der Waals surface area contributed by atoms with Gasteiger partial charge >= 0.3 is 5.97 Å². The van der Waals surface area contributed by atoms with Crippen LogP contribution in [0.3, 0.4) is 0 Å². The minimum Gasteiger partial charge on any atom is -0.493 e. The molecule has 38 heavy (non-hydrogen) atoms. The Balaban J connectivity index is 2.13. The van der Waals surface area contributed by atoms with Crippen molar-refractivity contribution in [1.82, 2.24) is 10.2 Å². The van der Waals surface area contributed by atoms with Crippen LogP contribution in [0, 0.1) is 5.92 Å². The first-order valence-electron chi connectivity index (χ1n) is 12.0. The number of carbonyl (C=O) groups excluding carboxylic acids is 3. The Hall–Kier alpha value is -2.49. The summed E-state index contributed by atoms with van der Waals surface area (Å²) in [6.45, 7) is 8.53. The van der Waals surface area contributed by atoms with Gasteiger partial charge < -0.3 is 24.4 Å². The van der Waals surface area contributed by atoms with Crippen molar-refractivity contribution in [3.63, 3.8) is 0 Å². The highest BCUT2D eigenvalue weighted by Crippen LogP contribution is 2.44. The Morgan fingerprint density at radius 1 is 1.13 bits per heavy atom. The van der Waals surface area contributed by atoms with Crippen LogP contribution < -0.4 is 14.8 Å². The topological polar surface area (TPSA) is 94.2 Å². The van der Waals surface area contributed by atoms with Crippen molar-refractivity contribution in [3.05, 3.63) is 56.0 Å². The second-order valence-electron chi connectivity index (χ2n) is 10.3. The largest absolute Gasteiger partial charge is 0.493 e. The van der Waals surface area contributed by atoms with E-state index in [4.69, 9.17) is 37.4 Å². The molecule has 206 valence electrons. The van der Waals surface area contributed by atoms with E-state index in [1.807, 2.05) is 13.8 Å². The number of halogens is 3. The molecule has 2 aromatic carbocycles. The van der Waals surface area contributed by atoms with Gasteiger partial charge in [0.2, 0.25) is 5.91 Å². The van der Waals surface area contributed by atoms with Gasteiger partial charge in [0.05, 0.1) is 7.11 Å². The van der Waals surface area contributed by atoms with Crippen LogP contribution in [0.2, 0.25) is 10.0 Å². The Bertz CT molecular complexity index is 1210. The molecule has 1 aliphatic rings. The standard InChI is InChI=1S/C27H31BrCl2N2O6/c1-14(2)23-26(35)32(13-15-7-17(29)11-18(30)8-15)22(25(34)31-12-21(33)38-27(3,4)5)19-9-16(28)10-20(36-6)24(19)37-23/h7-11,14,22-23H,12-13H2,1-6H3,(H,31,34). The number of rotatable bonds is 7. The summed E-state index contributed by atoms with van der Waals surface area (Å²) in [6, 6.07) is 7.16. The van der Waals surface area contributed by atoms with Gasteiger partial charge in [-0.1, -0.05) is 53.0 Å². The van der Waals surface area contributed by atoms with E-state index >= 15 is 0 Å². The van der Waals surface area contributed by atoms with Crippen LogP contribution >= 0.6 is 39.1 Å². The number of nitrogens with one attached hydrogen (secondary N) is 1. The summed E-state index contributed by atoms with van der Waals surface area (Å²) in [6.07, 6.45) is -0.915. The van der Waals surface area contributed by atoms with E-state index < -0.39 is 35.5 Å². The van der Waals surface area contributed by atoms with Gasteiger partial charge in [-0.15, -0.1) is 0 Å². The number of hydrogen-bond acceptors (Lipinski definition) is 6. The van der Waals surface area contributed by atoms with E-state index in [1.165, 1.54) is 12.0 Å². The maximum Gasteiger partial charge on any atom is 0.325 e. The molecule has 0 spiro atoms. The van der Waals surface area contributed by atoms with Crippen LogP contribution in [0.15, 0.2) is 34.8 Å². The second-order valence-corrected chi connectivity index (χ2v) is 12.0. The molecule has 3 rings (SSSR count). The number of nitrogens with zero attached hydrogens (tertiary/aromatic N) is 1. The Morgan fingerprint density at radius 2 is 1.76 bits per heavy atom. The zero-order valence-electron chi connectivity index (χ0n) is 22.1. The average Bonchev–Trinajstić information content (AvgIpc) is 2.90. The lowest BCUT2D eigenvalue weighted by atomic mass is 10.0. The van der Waals surface area contributed by atoms with Crippen molar-refractivity contribution in [2.45, 2.75) is 58.9 Å². The molecule has 0 bridgehead atoms. The molecule has 2 aromatic rings. The van der Waals surface area contributed by atoms with E-state index in [9.17, 15) is 14.4 Å². The number of benzene rings is 2. The van der Waals surface area contributed by atoms with Crippen molar-refractivity contribution in [3.8, 4) is 11.5 Å². The monoisotopic (exact) mass is 628 g/mol. The fourth-order valence-corrected chi connectivity index (χ4v) is 5.14. The van der Waals surface area contributed by atoms with Gasteiger partial charge in [0.25, 0.3) is 5.91 Å². The van der Waals surface area contributed by atoms with Crippen molar-refractivity contribution in [1.29, 1.82) is 0 Å². The van der Waals surface area contributed by atoms with Crippen molar-refractivity contribution < 1.29 is 28.6 Å². The lowest BCUT2D eigenvalue weighted by Gasteiger charge is -2.31. The van der Waals surface area contributed by atoms with Gasteiger partial charge in [-0.2, -0.15) is 0 Å². The van der Waals surface area contributed by atoms with E-state index in [0.717, 1.165) is 0 Å². The minimum atomic E-state index is -1.17. The average molecular weight is 630 g/mol. The SMILES string of the molecule is COc1cc(Br)cc2c1OC(C(C)C)C(=O)N(Cc1cc(Cl)cc(Cl)c1)C2C(=O)NCC(=O)OC(C)(C)C. The molecule has 0 saturated carbocycles. The van der Waals surface area contributed by atoms with Crippen LogP contribution in [0.5, 0.6) is 11.5 Å². The lowest BCUT2D eigenvalue weighted by molar-refractivity contribution is -0.155. The summed E-state index contributed by atoms with van der Waals surface area (Å²) in [4.78, 5) is 41.5. The lowest BCUT2D eigenvalue weighted by Crippen LogP contribution is -2.48. The highest BCUT2D eigenvalue weighted by Gasteiger charge is 2.43. The van der Waals surface area contributed by atoms with Gasteiger partial charge in [-0.05, 0) is 62.6 Å². The molecule has 8 nitrogen and oxygen atoms in total. The molecule has 0 aromatic heterocycles. The smallest absolute Gasteiger partial charge is 0.325 e. The first kappa shape index (κ1) is 30.1. The molecule has 0 aliphatic carbocycles. The number of fused-ring (bicyclic) bond motifs is 1. The molecular formula is C27H31BrCl2N2O6.